The first kappa shape index (κ1) is 15.1. The van der Waals surface area contributed by atoms with E-state index in [1.165, 1.54) is 18.3 Å². The fourth-order valence-electron chi connectivity index (χ4n) is 1.90. The van der Waals surface area contributed by atoms with Crippen LogP contribution in [0.5, 0.6) is 11.5 Å². The van der Waals surface area contributed by atoms with Crippen molar-refractivity contribution < 1.29 is 23.8 Å². The van der Waals surface area contributed by atoms with E-state index >= 15 is 0 Å². The molecule has 118 valence electrons. The van der Waals surface area contributed by atoms with E-state index in [0.29, 0.717) is 17.2 Å². The van der Waals surface area contributed by atoms with Gasteiger partial charge in [-0.3, -0.25) is 4.79 Å². The summed E-state index contributed by atoms with van der Waals surface area (Å²) in [5, 5.41) is 2.66. The number of benzene rings is 1. The highest BCUT2D eigenvalue weighted by molar-refractivity contribution is 6.32. The molecular formula is C15H11ClN2O5. The molecule has 1 aromatic carbocycles. The highest BCUT2D eigenvalue weighted by Gasteiger charge is 2.17. The van der Waals surface area contributed by atoms with E-state index in [1.54, 1.807) is 18.2 Å². The second kappa shape index (κ2) is 6.53. The Morgan fingerprint density at radius 1 is 1.26 bits per heavy atom. The summed E-state index contributed by atoms with van der Waals surface area (Å²) in [5.41, 5.74) is 0.611. The quantitative estimate of drug-likeness (QED) is 0.681. The van der Waals surface area contributed by atoms with Gasteiger partial charge < -0.3 is 19.5 Å². The smallest absolute Gasteiger partial charge is 0.338 e. The topological polar surface area (TPSA) is 86.8 Å². The Morgan fingerprint density at radius 3 is 2.91 bits per heavy atom. The third-order valence-corrected chi connectivity index (χ3v) is 3.28. The minimum Gasteiger partial charge on any atom is -0.454 e. The van der Waals surface area contributed by atoms with Crippen molar-refractivity contribution in [1.82, 2.24) is 4.98 Å². The van der Waals surface area contributed by atoms with E-state index in [4.69, 9.17) is 25.8 Å². The number of nitrogens with zero attached hydrogens (tertiary/aromatic N) is 1. The van der Waals surface area contributed by atoms with Crippen molar-refractivity contribution in [1.29, 1.82) is 0 Å². The summed E-state index contributed by atoms with van der Waals surface area (Å²) < 4.78 is 15.3. The van der Waals surface area contributed by atoms with Crippen molar-refractivity contribution in [2.24, 2.45) is 0 Å². The molecule has 0 aliphatic carbocycles. The fraction of sp³-hybridized carbons (Fsp3) is 0.133. The third-order valence-electron chi connectivity index (χ3n) is 2.98. The Bertz CT molecular complexity index is 765. The zero-order chi connectivity index (χ0) is 16.2. The molecular weight excluding hydrogens is 324 g/mol. The maximum atomic E-state index is 11.9. The summed E-state index contributed by atoms with van der Waals surface area (Å²) in [4.78, 5) is 27.5. The number of hydrogen-bond donors (Lipinski definition) is 1. The van der Waals surface area contributed by atoms with E-state index in [1.807, 2.05) is 0 Å². The molecule has 1 amide bonds. The lowest BCUT2D eigenvalue weighted by Crippen LogP contribution is -2.21. The van der Waals surface area contributed by atoms with Crippen LogP contribution in [0.3, 0.4) is 0 Å². The Morgan fingerprint density at radius 2 is 2.09 bits per heavy atom. The Kier molecular flexibility index (Phi) is 4.29. The van der Waals surface area contributed by atoms with Gasteiger partial charge in [-0.15, -0.1) is 0 Å². The predicted molar refractivity (Wildman–Crippen MR) is 80.7 cm³/mol. The average Bonchev–Trinajstić information content (AvgIpc) is 3.02. The number of carbonyl (C=O) groups is 2. The van der Waals surface area contributed by atoms with Gasteiger partial charge in [0.05, 0.1) is 11.3 Å². The molecule has 3 rings (SSSR count). The molecule has 1 N–H and O–H groups in total. The standard InChI is InChI=1S/C15H11ClN2O5/c16-14-10(2-1-5-17-14)18-13(19)7-21-15(20)9-3-4-11-12(6-9)23-8-22-11/h1-6H,7-8H2,(H,18,19). The maximum Gasteiger partial charge on any atom is 0.338 e. The van der Waals surface area contributed by atoms with E-state index in [0.717, 1.165) is 0 Å². The van der Waals surface area contributed by atoms with Crippen LogP contribution in [-0.4, -0.2) is 30.3 Å². The van der Waals surface area contributed by atoms with E-state index in [9.17, 15) is 9.59 Å². The number of amides is 1. The van der Waals surface area contributed by atoms with Crippen LogP contribution in [0, 0.1) is 0 Å². The molecule has 2 aromatic rings. The summed E-state index contributed by atoms with van der Waals surface area (Å²) in [6, 6.07) is 7.85. The number of hydrogen-bond acceptors (Lipinski definition) is 6. The zero-order valence-corrected chi connectivity index (χ0v) is 12.5. The van der Waals surface area contributed by atoms with E-state index in [-0.39, 0.29) is 17.5 Å². The van der Waals surface area contributed by atoms with Crippen molar-refractivity contribution in [3.8, 4) is 11.5 Å². The molecule has 7 nitrogen and oxygen atoms in total. The van der Waals surface area contributed by atoms with Crippen molar-refractivity contribution in [2.45, 2.75) is 0 Å². The van der Waals surface area contributed by atoms with Crippen molar-refractivity contribution in [2.75, 3.05) is 18.7 Å². The SMILES string of the molecule is O=C(COC(=O)c1ccc2c(c1)OCO2)Nc1cccnc1Cl. The van der Waals surface area contributed by atoms with E-state index < -0.39 is 18.5 Å². The van der Waals surface area contributed by atoms with Gasteiger partial charge in [-0.2, -0.15) is 0 Å². The van der Waals surface area contributed by atoms with Crippen molar-refractivity contribution in [3.05, 3.63) is 47.2 Å². The summed E-state index contributed by atoms with van der Waals surface area (Å²) in [6.07, 6.45) is 1.50. The summed E-state index contributed by atoms with van der Waals surface area (Å²) in [7, 11) is 0. The predicted octanol–water partition coefficient (Wildman–Crippen LogP) is 2.26. The normalized spacial score (nSPS) is 11.9. The van der Waals surface area contributed by atoms with E-state index in [2.05, 4.69) is 10.3 Å². The molecule has 8 heteroatoms. The molecule has 0 unspecified atom stereocenters. The molecule has 1 aliphatic heterocycles. The first-order valence-electron chi connectivity index (χ1n) is 6.60. The highest BCUT2D eigenvalue weighted by Crippen LogP contribution is 2.32. The molecule has 2 heterocycles. The van der Waals surface area contributed by atoms with Crippen LogP contribution in [0.1, 0.15) is 10.4 Å². The van der Waals surface area contributed by atoms with Crippen LogP contribution >= 0.6 is 11.6 Å². The van der Waals surface area contributed by atoms with Crippen molar-refractivity contribution in [3.63, 3.8) is 0 Å². The number of halogens is 1. The number of carbonyl (C=O) groups excluding carboxylic acids is 2. The van der Waals surface area contributed by atoms with Gasteiger partial charge in [-0.25, -0.2) is 9.78 Å². The molecule has 0 saturated carbocycles. The Balaban J connectivity index is 1.56. The van der Waals surface area contributed by atoms with Gasteiger partial charge in [0.15, 0.2) is 23.3 Å². The maximum absolute atomic E-state index is 11.9. The first-order valence-corrected chi connectivity index (χ1v) is 6.98. The Labute approximate surface area is 136 Å². The molecule has 0 radical (unpaired) electrons. The van der Waals surface area contributed by atoms with Crippen molar-refractivity contribution >= 4 is 29.2 Å². The minimum absolute atomic E-state index is 0.113. The largest absolute Gasteiger partial charge is 0.454 e. The zero-order valence-electron chi connectivity index (χ0n) is 11.7. The molecule has 0 saturated heterocycles. The van der Waals surface area contributed by atoms with Gasteiger partial charge in [0.2, 0.25) is 6.79 Å². The molecule has 0 atom stereocenters. The van der Waals surface area contributed by atoms with Crippen LogP contribution < -0.4 is 14.8 Å². The first-order chi connectivity index (χ1) is 11.1. The molecule has 0 spiro atoms. The number of rotatable bonds is 4. The summed E-state index contributed by atoms with van der Waals surface area (Å²) in [6.45, 7) is -0.333. The van der Waals surface area contributed by atoms with Crippen LogP contribution in [0.2, 0.25) is 5.15 Å². The Hall–Kier alpha value is -2.80. The molecule has 23 heavy (non-hydrogen) atoms. The summed E-state index contributed by atoms with van der Waals surface area (Å²) in [5.74, 6) is -0.138. The summed E-state index contributed by atoms with van der Waals surface area (Å²) >= 11 is 5.82. The average molecular weight is 335 g/mol. The third kappa shape index (κ3) is 3.51. The van der Waals surface area contributed by atoms with Crippen LogP contribution in [0.25, 0.3) is 0 Å². The monoisotopic (exact) mass is 334 g/mol. The van der Waals surface area contributed by atoms with Crippen LogP contribution in [0.4, 0.5) is 5.69 Å². The molecule has 1 aliphatic rings. The van der Waals surface area contributed by atoms with Gasteiger partial charge in [-0.1, -0.05) is 11.6 Å². The van der Waals surface area contributed by atoms with Gasteiger partial charge in [-0.05, 0) is 30.3 Å². The van der Waals surface area contributed by atoms with Crippen LogP contribution in [-0.2, 0) is 9.53 Å². The number of nitrogens with one attached hydrogen (secondary N) is 1. The number of fused-ring (bicyclic) bond motifs is 1. The molecule has 1 aromatic heterocycles. The van der Waals surface area contributed by atoms with Gasteiger partial charge in [0, 0.05) is 6.20 Å². The number of esters is 1. The fourth-order valence-corrected chi connectivity index (χ4v) is 2.07. The second-order valence-corrected chi connectivity index (χ2v) is 4.89. The minimum atomic E-state index is -0.643. The van der Waals surface area contributed by atoms with Gasteiger partial charge in [0.1, 0.15) is 0 Å². The molecule has 0 bridgehead atoms. The highest BCUT2D eigenvalue weighted by atomic mass is 35.5. The lowest BCUT2D eigenvalue weighted by Gasteiger charge is -2.07. The van der Waals surface area contributed by atoms with Gasteiger partial charge in [0.25, 0.3) is 5.91 Å². The number of ether oxygens (including phenoxy) is 3. The van der Waals surface area contributed by atoms with Gasteiger partial charge >= 0.3 is 5.97 Å². The second-order valence-electron chi connectivity index (χ2n) is 4.53. The lowest BCUT2D eigenvalue weighted by molar-refractivity contribution is -0.119. The number of aromatic nitrogens is 1. The lowest BCUT2D eigenvalue weighted by atomic mass is 10.2. The number of anilines is 1. The molecule has 0 fully saturated rings. The number of pyridine rings is 1. The van der Waals surface area contributed by atoms with Crippen LogP contribution in [0.15, 0.2) is 36.5 Å².